The highest BCUT2D eigenvalue weighted by atomic mass is 16.5. The van der Waals surface area contributed by atoms with E-state index in [0.717, 1.165) is 29.8 Å². The normalized spacial score (nSPS) is 13.2. The minimum atomic E-state index is -0.208. The Morgan fingerprint density at radius 3 is 2.10 bits per heavy atom. The van der Waals surface area contributed by atoms with Gasteiger partial charge in [-0.3, -0.25) is 4.79 Å². The molecule has 1 amide bonds. The van der Waals surface area contributed by atoms with Crippen molar-refractivity contribution in [3.63, 3.8) is 0 Å². The molecule has 0 heterocycles. The standard InChI is InChI=1S/C20H23NO4.C10H22N2.C3H8/c1-14(10-15-8-6-5-7-9-15)13-21-20(22)16-11-17(23-2)19(25-4)18(12-16)24-3;1-9(12-10-6-7-10)5-3-4-8-11-2;1-3-2/h5-12H,13H2,1-4H3,(H,21,22);9-12H,3-8H2,1-2H3;3H2,1-2H3/b14-10+;;. The molecule has 1 atom stereocenters. The van der Waals surface area contributed by atoms with Crippen LogP contribution >= 0.6 is 0 Å². The van der Waals surface area contributed by atoms with E-state index in [-0.39, 0.29) is 5.91 Å². The lowest BCUT2D eigenvalue weighted by molar-refractivity contribution is 0.0956. The average Bonchev–Trinajstić information content (AvgIpc) is 3.78. The zero-order chi connectivity index (χ0) is 29.8. The number of carbonyl (C=O) groups is 1. The van der Waals surface area contributed by atoms with Crippen molar-refractivity contribution in [1.29, 1.82) is 0 Å². The Morgan fingerprint density at radius 1 is 1.00 bits per heavy atom. The second-order valence-electron chi connectivity index (χ2n) is 10.1. The van der Waals surface area contributed by atoms with E-state index in [4.69, 9.17) is 14.2 Å². The van der Waals surface area contributed by atoms with Crippen molar-refractivity contribution in [3.05, 3.63) is 59.2 Å². The van der Waals surface area contributed by atoms with Gasteiger partial charge in [-0.25, -0.2) is 0 Å². The van der Waals surface area contributed by atoms with Crippen molar-refractivity contribution in [2.75, 3.05) is 41.5 Å². The number of rotatable bonds is 14. The van der Waals surface area contributed by atoms with Gasteiger partial charge in [0.1, 0.15) is 0 Å². The van der Waals surface area contributed by atoms with E-state index >= 15 is 0 Å². The summed E-state index contributed by atoms with van der Waals surface area (Å²) in [7, 11) is 6.58. The van der Waals surface area contributed by atoms with E-state index in [9.17, 15) is 4.79 Å². The number of benzene rings is 2. The van der Waals surface area contributed by atoms with Crippen molar-refractivity contribution >= 4 is 12.0 Å². The molecule has 2 aromatic rings. The first-order valence-corrected chi connectivity index (χ1v) is 14.5. The lowest BCUT2D eigenvalue weighted by atomic mass is 10.1. The quantitative estimate of drug-likeness (QED) is 0.232. The summed E-state index contributed by atoms with van der Waals surface area (Å²) >= 11 is 0. The van der Waals surface area contributed by atoms with Gasteiger partial charge < -0.3 is 30.2 Å². The zero-order valence-electron chi connectivity index (χ0n) is 26.1. The smallest absolute Gasteiger partial charge is 0.251 e. The first kappa shape index (κ1) is 35.0. The molecule has 40 heavy (non-hydrogen) atoms. The Bertz CT molecular complexity index is 965. The molecule has 0 aromatic heterocycles. The molecule has 0 spiro atoms. The van der Waals surface area contributed by atoms with Crippen LogP contribution in [0.3, 0.4) is 0 Å². The molecular weight excluding hydrogens is 502 g/mol. The molecule has 7 nitrogen and oxygen atoms in total. The summed E-state index contributed by atoms with van der Waals surface area (Å²) < 4.78 is 15.8. The topological polar surface area (TPSA) is 80.9 Å². The van der Waals surface area contributed by atoms with Crippen LogP contribution in [0.4, 0.5) is 0 Å². The highest BCUT2D eigenvalue weighted by molar-refractivity contribution is 5.95. The van der Waals surface area contributed by atoms with Gasteiger partial charge in [0.25, 0.3) is 5.91 Å². The van der Waals surface area contributed by atoms with Crippen LogP contribution in [0, 0.1) is 0 Å². The summed E-state index contributed by atoms with van der Waals surface area (Å²) in [4.78, 5) is 12.4. The summed E-state index contributed by atoms with van der Waals surface area (Å²) in [5.41, 5.74) is 2.59. The highest BCUT2D eigenvalue weighted by Crippen LogP contribution is 2.38. The summed E-state index contributed by atoms with van der Waals surface area (Å²) in [5.74, 6) is 1.15. The molecule has 1 unspecified atom stereocenters. The minimum Gasteiger partial charge on any atom is -0.493 e. The third kappa shape index (κ3) is 14.4. The van der Waals surface area contributed by atoms with Crippen LogP contribution in [0.2, 0.25) is 0 Å². The SMILES string of the molecule is CCC.CNCCCCC(C)NC1CC1.COc1cc(C(=O)NC/C(C)=C/c2ccccc2)cc(OC)c1OC. The third-order valence-corrected chi connectivity index (χ3v) is 6.08. The second-order valence-corrected chi connectivity index (χ2v) is 10.1. The lowest BCUT2D eigenvalue weighted by Gasteiger charge is -2.14. The van der Waals surface area contributed by atoms with Gasteiger partial charge in [-0.1, -0.05) is 68.7 Å². The fourth-order valence-electron chi connectivity index (χ4n) is 3.91. The van der Waals surface area contributed by atoms with Crippen LogP contribution in [0.5, 0.6) is 17.2 Å². The van der Waals surface area contributed by atoms with E-state index in [1.54, 1.807) is 12.1 Å². The fraction of sp³-hybridized carbons (Fsp3) is 0.545. The van der Waals surface area contributed by atoms with E-state index in [2.05, 4.69) is 36.7 Å². The molecule has 3 rings (SSSR count). The molecule has 3 N–H and O–H groups in total. The van der Waals surface area contributed by atoms with Crippen LogP contribution in [0.1, 0.15) is 82.1 Å². The molecule has 0 aliphatic heterocycles. The van der Waals surface area contributed by atoms with Gasteiger partial charge in [0.15, 0.2) is 11.5 Å². The van der Waals surface area contributed by atoms with E-state index in [0.29, 0.717) is 29.4 Å². The minimum absolute atomic E-state index is 0.208. The van der Waals surface area contributed by atoms with Crippen molar-refractivity contribution in [2.24, 2.45) is 0 Å². The second kappa shape index (κ2) is 20.8. The van der Waals surface area contributed by atoms with E-state index in [1.165, 1.54) is 59.9 Å². The summed E-state index contributed by atoms with van der Waals surface area (Å²) in [5, 5.41) is 9.68. The molecule has 1 saturated carbocycles. The van der Waals surface area contributed by atoms with E-state index < -0.39 is 0 Å². The molecule has 0 radical (unpaired) electrons. The monoisotopic (exact) mass is 555 g/mol. The van der Waals surface area contributed by atoms with Crippen molar-refractivity contribution in [2.45, 2.75) is 78.3 Å². The number of unbranched alkanes of at least 4 members (excludes halogenated alkanes) is 1. The van der Waals surface area contributed by atoms with Gasteiger partial charge in [0, 0.05) is 24.2 Å². The Hall–Kier alpha value is -3.03. The van der Waals surface area contributed by atoms with Crippen LogP contribution < -0.4 is 30.2 Å². The number of nitrogens with one attached hydrogen (secondary N) is 3. The molecule has 224 valence electrons. The van der Waals surface area contributed by atoms with Gasteiger partial charge in [-0.2, -0.15) is 0 Å². The Morgan fingerprint density at radius 2 is 1.60 bits per heavy atom. The summed E-state index contributed by atoms with van der Waals surface area (Å²) in [6.45, 7) is 10.1. The van der Waals surface area contributed by atoms with Crippen molar-refractivity contribution in [3.8, 4) is 17.2 Å². The maximum Gasteiger partial charge on any atom is 0.251 e. The van der Waals surface area contributed by atoms with Gasteiger partial charge in [0.2, 0.25) is 5.75 Å². The number of amides is 1. The fourth-order valence-corrected chi connectivity index (χ4v) is 3.91. The van der Waals surface area contributed by atoms with Gasteiger partial charge >= 0.3 is 0 Å². The van der Waals surface area contributed by atoms with Crippen LogP contribution in [0.15, 0.2) is 48.0 Å². The van der Waals surface area contributed by atoms with Crippen molar-refractivity contribution in [1.82, 2.24) is 16.0 Å². The van der Waals surface area contributed by atoms with Gasteiger partial charge in [0.05, 0.1) is 21.3 Å². The molecule has 2 aromatic carbocycles. The van der Waals surface area contributed by atoms with Crippen molar-refractivity contribution < 1.29 is 19.0 Å². The summed E-state index contributed by atoms with van der Waals surface area (Å²) in [6.07, 6.45) is 10.1. The predicted molar refractivity (Wildman–Crippen MR) is 168 cm³/mol. The number of hydrogen-bond acceptors (Lipinski definition) is 6. The highest BCUT2D eigenvalue weighted by Gasteiger charge is 2.22. The number of carbonyl (C=O) groups excluding carboxylic acids is 1. The van der Waals surface area contributed by atoms with E-state index in [1.807, 2.05) is 50.4 Å². The molecule has 1 fully saturated rings. The first-order valence-electron chi connectivity index (χ1n) is 14.5. The molecule has 1 aliphatic rings. The third-order valence-electron chi connectivity index (χ3n) is 6.08. The molecule has 0 bridgehead atoms. The first-order chi connectivity index (χ1) is 19.3. The Kier molecular flexibility index (Phi) is 18.2. The Labute approximate surface area is 243 Å². The maximum absolute atomic E-state index is 12.4. The number of hydrogen-bond donors (Lipinski definition) is 3. The zero-order valence-corrected chi connectivity index (χ0v) is 26.1. The maximum atomic E-state index is 12.4. The van der Waals surface area contributed by atoms with Gasteiger partial charge in [-0.15, -0.1) is 0 Å². The molecule has 1 aliphatic carbocycles. The van der Waals surface area contributed by atoms with Gasteiger partial charge in [-0.05, 0) is 70.8 Å². The number of ether oxygens (including phenoxy) is 3. The Balaban J connectivity index is 0.000000443. The molecular formula is C33H53N3O4. The number of methoxy groups -OCH3 is 3. The summed E-state index contributed by atoms with van der Waals surface area (Å²) in [6, 6.07) is 14.8. The van der Waals surface area contributed by atoms with Crippen LogP contribution in [-0.4, -0.2) is 59.5 Å². The molecule has 7 heteroatoms. The van der Waals surface area contributed by atoms with Crippen LogP contribution in [-0.2, 0) is 0 Å². The largest absolute Gasteiger partial charge is 0.493 e. The molecule has 0 saturated heterocycles. The predicted octanol–water partition coefficient (Wildman–Crippen LogP) is 6.48. The van der Waals surface area contributed by atoms with Crippen LogP contribution in [0.25, 0.3) is 6.08 Å². The average molecular weight is 556 g/mol. The lowest BCUT2D eigenvalue weighted by Crippen LogP contribution is -2.27.